The molecule has 2 aliphatic carbocycles. The molecule has 14 aromatic rings. The van der Waals surface area contributed by atoms with Crippen LogP contribution in [0.4, 0.5) is 34.1 Å². The Kier molecular flexibility index (Phi) is 12.7. The second-order valence-electron chi connectivity index (χ2n) is 25.5. The third-order valence-corrected chi connectivity index (χ3v) is 20.0. The first-order valence-corrected chi connectivity index (χ1v) is 31.7. The quantitative estimate of drug-likeness (QED) is 0.128. The summed E-state index contributed by atoms with van der Waals surface area (Å²) >= 11 is 0. The van der Waals surface area contributed by atoms with Gasteiger partial charge in [0.1, 0.15) is 11.2 Å². The summed E-state index contributed by atoms with van der Waals surface area (Å²) < 4.78 is 14.9. The fraction of sp³-hybridized carbons (Fsp3) is 0.220. The van der Waals surface area contributed by atoms with Crippen LogP contribution in [0.5, 0.6) is 0 Å². The molecule has 0 N–H and O–H groups in total. The van der Waals surface area contributed by atoms with Gasteiger partial charge in [-0.2, -0.15) is 0 Å². The second kappa shape index (κ2) is 20.8. The van der Waals surface area contributed by atoms with Gasteiger partial charge in [0.05, 0.1) is 22.7 Å². The van der Waals surface area contributed by atoms with Crippen molar-refractivity contribution in [3.05, 3.63) is 239 Å². The number of furan rings is 2. The van der Waals surface area contributed by atoms with Gasteiger partial charge in [-0.05, 0) is 187 Å². The van der Waals surface area contributed by atoms with Gasteiger partial charge in [-0.3, -0.25) is 0 Å². The number of benzene rings is 12. The van der Waals surface area contributed by atoms with Gasteiger partial charge in [-0.25, -0.2) is 0 Å². The molecule has 0 atom stereocenters. The summed E-state index contributed by atoms with van der Waals surface area (Å²) in [7, 11) is 0. The lowest BCUT2D eigenvalue weighted by molar-refractivity contribution is 0.445. The largest absolute Gasteiger partial charge is 0.453 e. The van der Waals surface area contributed by atoms with Crippen LogP contribution in [-0.4, -0.2) is 0 Å². The monoisotopic (exact) mass is 1120 g/mol. The predicted octanol–water partition coefficient (Wildman–Crippen LogP) is 24.6. The smallest absolute Gasteiger partial charge is 0.159 e. The molecule has 16 rings (SSSR count). The minimum Gasteiger partial charge on any atom is -0.453 e. The van der Waals surface area contributed by atoms with Gasteiger partial charge in [0.25, 0.3) is 0 Å². The molecule has 2 fully saturated rings. The van der Waals surface area contributed by atoms with Crippen LogP contribution in [0.3, 0.4) is 0 Å². The van der Waals surface area contributed by atoms with E-state index in [1.54, 1.807) is 0 Å². The van der Waals surface area contributed by atoms with Crippen molar-refractivity contribution >= 4 is 110 Å². The lowest BCUT2D eigenvalue weighted by atomic mass is 9.77. The molecule has 0 spiro atoms. The zero-order chi connectivity index (χ0) is 57.9. The standard InChI is InChI=1S/C82H72N2O2/c1-49-38-44-71(54(6)45-49)83(72-35-19-33-65-63-31-17-29-61(79(63)85-81(65)72)57-27-15-13-21-51(57)3)75-47-69(55-23-9-7-10-24-55)59-41-43-68-76(48-70(56-25-11-8-12-26-56)60-40-42-67(75)77(59)78(60)68)84(74-46-50(2)37-39-53(74)5)73-36-20-34-66-64-32-18-30-62(80(64)86-82(66)73)58-28-16-14-22-52(58)4/h13-22,27-48,55-56H,7-12,23-26H2,1-6H3. The Morgan fingerprint density at radius 2 is 0.698 bits per heavy atom. The van der Waals surface area contributed by atoms with E-state index in [1.165, 1.54) is 164 Å². The van der Waals surface area contributed by atoms with Crippen molar-refractivity contribution in [2.75, 3.05) is 9.80 Å². The Balaban J connectivity index is 1.02. The van der Waals surface area contributed by atoms with E-state index >= 15 is 0 Å². The van der Waals surface area contributed by atoms with Crippen LogP contribution in [0, 0.1) is 41.5 Å². The molecule has 0 unspecified atom stereocenters. The lowest BCUT2D eigenvalue weighted by Gasteiger charge is -2.34. The zero-order valence-electron chi connectivity index (χ0n) is 50.4. The van der Waals surface area contributed by atoms with Gasteiger partial charge in [0, 0.05) is 54.8 Å². The topological polar surface area (TPSA) is 32.8 Å². The van der Waals surface area contributed by atoms with Gasteiger partial charge >= 0.3 is 0 Å². The number of para-hydroxylation sites is 4. The summed E-state index contributed by atoms with van der Waals surface area (Å²) in [5.74, 6) is 0.844. The van der Waals surface area contributed by atoms with Crippen LogP contribution in [0.15, 0.2) is 203 Å². The highest BCUT2D eigenvalue weighted by atomic mass is 16.3. The molecular weight excluding hydrogens is 1040 g/mol. The summed E-state index contributed by atoms with van der Waals surface area (Å²) in [5.41, 5.74) is 25.3. The first-order valence-electron chi connectivity index (χ1n) is 31.7. The maximum absolute atomic E-state index is 7.44. The Morgan fingerprint density at radius 3 is 1.19 bits per heavy atom. The minimum absolute atomic E-state index is 0.422. The SMILES string of the molecule is Cc1ccc(N(c2cc(C3CCCCC3)c3ccc4c(N(c5cc(C)ccc5C)c5cccc6c5oc5c(-c7ccccc7C)cccc56)cc(C5CCCCC5)c5ccc2c3c54)c2cccc3c2oc2c(-c4ccccc4C)cccc23)c(C)c1. The summed E-state index contributed by atoms with van der Waals surface area (Å²) in [6.07, 6.45) is 12.3. The first-order chi connectivity index (χ1) is 42.2. The van der Waals surface area contributed by atoms with E-state index in [-0.39, 0.29) is 0 Å². The molecule has 2 heterocycles. The fourth-order valence-electron chi connectivity index (χ4n) is 15.8. The average Bonchev–Trinajstić information content (AvgIpc) is 0.982. The van der Waals surface area contributed by atoms with Gasteiger partial charge in [-0.15, -0.1) is 0 Å². The van der Waals surface area contributed by atoms with E-state index < -0.39 is 0 Å². The molecule has 422 valence electrons. The highest BCUT2D eigenvalue weighted by Crippen LogP contribution is 2.56. The summed E-state index contributed by atoms with van der Waals surface area (Å²) in [6, 6.07) is 73.6. The van der Waals surface area contributed by atoms with E-state index in [9.17, 15) is 0 Å². The number of fused-ring (bicyclic) bond motifs is 6. The second-order valence-corrected chi connectivity index (χ2v) is 25.5. The van der Waals surface area contributed by atoms with Crippen molar-refractivity contribution in [3.63, 3.8) is 0 Å². The molecule has 2 aliphatic rings. The van der Waals surface area contributed by atoms with E-state index in [2.05, 4.69) is 245 Å². The highest BCUT2D eigenvalue weighted by Gasteiger charge is 2.32. The minimum atomic E-state index is 0.422. The molecular formula is C82H72N2O2. The molecule has 4 heteroatoms. The van der Waals surface area contributed by atoms with Crippen LogP contribution < -0.4 is 9.80 Å². The highest BCUT2D eigenvalue weighted by molar-refractivity contribution is 6.30. The molecule has 86 heavy (non-hydrogen) atoms. The Hall–Kier alpha value is -9.12. The average molecular weight is 1120 g/mol. The molecule has 0 bridgehead atoms. The number of nitrogens with zero attached hydrogens (tertiary/aromatic N) is 2. The summed E-state index contributed by atoms with van der Waals surface area (Å²) in [5, 5.41) is 12.5. The van der Waals surface area contributed by atoms with Gasteiger partial charge in [0.15, 0.2) is 11.2 Å². The fourth-order valence-corrected chi connectivity index (χ4v) is 15.8. The maximum Gasteiger partial charge on any atom is 0.159 e. The van der Waals surface area contributed by atoms with Crippen LogP contribution in [0.1, 0.15) is 121 Å². The number of anilines is 6. The molecule has 0 amide bonds. The van der Waals surface area contributed by atoms with Crippen molar-refractivity contribution in [3.8, 4) is 22.3 Å². The van der Waals surface area contributed by atoms with Crippen molar-refractivity contribution in [2.24, 2.45) is 0 Å². The normalized spacial score (nSPS) is 14.5. The molecule has 0 radical (unpaired) electrons. The van der Waals surface area contributed by atoms with Gasteiger partial charge in [-0.1, -0.05) is 202 Å². The van der Waals surface area contributed by atoms with Crippen LogP contribution >= 0.6 is 0 Å². The number of hydrogen-bond donors (Lipinski definition) is 0. The van der Waals surface area contributed by atoms with Crippen LogP contribution in [-0.2, 0) is 0 Å². The zero-order valence-corrected chi connectivity index (χ0v) is 50.4. The third-order valence-electron chi connectivity index (χ3n) is 20.0. The Bertz CT molecular complexity index is 5000. The number of aryl methyl sites for hydroxylation is 6. The molecule has 4 nitrogen and oxygen atoms in total. The Morgan fingerprint density at radius 1 is 0.279 bits per heavy atom. The van der Waals surface area contributed by atoms with Crippen molar-refractivity contribution in [1.29, 1.82) is 0 Å². The number of rotatable bonds is 10. The lowest BCUT2D eigenvalue weighted by Crippen LogP contribution is -2.15. The molecule has 12 aromatic carbocycles. The van der Waals surface area contributed by atoms with Crippen molar-refractivity contribution < 1.29 is 8.83 Å². The van der Waals surface area contributed by atoms with E-state index in [0.717, 1.165) is 77.8 Å². The number of hydrogen-bond acceptors (Lipinski definition) is 4. The summed E-state index contributed by atoms with van der Waals surface area (Å²) in [6.45, 7) is 13.4. The molecule has 2 aromatic heterocycles. The van der Waals surface area contributed by atoms with Gasteiger partial charge in [0.2, 0.25) is 0 Å². The van der Waals surface area contributed by atoms with Crippen LogP contribution in [0.2, 0.25) is 0 Å². The van der Waals surface area contributed by atoms with E-state index in [0.29, 0.717) is 11.8 Å². The molecule has 2 saturated carbocycles. The van der Waals surface area contributed by atoms with E-state index in [1.807, 2.05) is 0 Å². The van der Waals surface area contributed by atoms with Crippen molar-refractivity contribution in [2.45, 2.75) is 118 Å². The van der Waals surface area contributed by atoms with Gasteiger partial charge < -0.3 is 18.6 Å². The Labute approximate surface area is 504 Å². The first kappa shape index (κ1) is 52.4. The van der Waals surface area contributed by atoms with Crippen molar-refractivity contribution in [1.82, 2.24) is 0 Å². The summed E-state index contributed by atoms with van der Waals surface area (Å²) in [4.78, 5) is 5.18. The molecule has 0 aliphatic heterocycles. The molecule has 0 saturated heterocycles. The third kappa shape index (κ3) is 8.38. The van der Waals surface area contributed by atoms with E-state index in [4.69, 9.17) is 8.83 Å². The maximum atomic E-state index is 7.44. The van der Waals surface area contributed by atoms with Crippen LogP contribution in [0.25, 0.3) is 98.4 Å². The predicted molar refractivity (Wildman–Crippen MR) is 365 cm³/mol.